The summed E-state index contributed by atoms with van der Waals surface area (Å²) in [7, 11) is 0. The maximum atomic E-state index is 12.8. The molecule has 0 unspecified atom stereocenters. The molecule has 0 aliphatic carbocycles. The van der Waals surface area contributed by atoms with Crippen LogP contribution in [0, 0.1) is 13.8 Å². The van der Waals surface area contributed by atoms with Gasteiger partial charge in [-0.15, -0.1) is 0 Å². The van der Waals surface area contributed by atoms with Crippen molar-refractivity contribution < 1.29 is 9.59 Å². The van der Waals surface area contributed by atoms with Crippen LogP contribution in [0.4, 0.5) is 5.69 Å². The summed E-state index contributed by atoms with van der Waals surface area (Å²) < 4.78 is 0. The summed E-state index contributed by atoms with van der Waals surface area (Å²) in [4.78, 5) is 31.7. The van der Waals surface area contributed by atoms with Gasteiger partial charge in [-0.1, -0.05) is 42.5 Å². The zero-order valence-corrected chi connectivity index (χ0v) is 18.6. The van der Waals surface area contributed by atoms with Gasteiger partial charge in [-0.05, 0) is 42.5 Å². The lowest BCUT2D eigenvalue weighted by Crippen LogP contribution is -2.52. The monoisotopic (exact) mass is 420 g/mol. The van der Waals surface area contributed by atoms with E-state index in [1.54, 1.807) is 0 Å². The molecular weight excluding hydrogens is 388 g/mol. The highest BCUT2D eigenvalue weighted by Gasteiger charge is 2.25. The van der Waals surface area contributed by atoms with E-state index in [9.17, 15) is 9.59 Å². The first-order valence-electron chi connectivity index (χ1n) is 11.1. The molecule has 0 saturated carbocycles. The number of carbonyl (C=O) groups excluding carboxylic acids is 2. The molecule has 2 heterocycles. The summed E-state index contributed by atoms with van der Waals surface area (Å²) in [5.41, 5.74) is 5.79. The van der Waals surface area contributed by atoms with Crippen LogP contribution in [0.2, 0.25) is 0 Å². The molecule has 1 saturated heterocycles. The van der Waals surface area contributed by atoms with E-state index in [4.69, 9.17) is 0 Å². The Hall–Kier alpha value is -2.70. The number of hydrogen-bond donors (Lipinski definition) is 1. The maximum Gasteiger partial charge on any atom is 0.238 e. The zero-order chi connectivity index (χ0) is 21.8. The third kappa shape index (κ3) is 5.32. The smallest absolute Gasteiger partial charge is 0.238 e. The first-order valence-corrected chi connectivity index (χ1v) is 11.1. The van der Waals surface area contributed by atoms with Crippen molar-refractivity contribution in [2.75, 3.05) is 51.1 Å². The predicted molar refractivity (Wildman–Crippen MR) is 123 cm³/mol. The van der Waals surface area contributed by atoms with Gasteiger partial charge in [-0.2, -0.15) is 0 Å². The molecule has 2 aromatic carbocycles. The molecular formula is C25H32N4O2. The molecule has 2 aliphatic rings. The van der Waals surface area contributed by atoms with E-state index >= 15 is 0 Å². The second-order valence-electron chi connectivity index (χ2n) is 8.70. The van der Waals surface area contributed by atoms with Gasteiger partial charge in [0.2, 0.25) is 11.8 Å². The number of nitrogens with one attached hydrogen (secondary N) is 1. The quantitative estimate of drug-likeness (QED) is 0.807. The molecule has 31 heavy (non-hydrogen) atoms. The normalized spacial score (nSPS) is 17.3. The lowest BCUT2D eigenvalue weighted by Gasteiger charge is -2.36. The lowest BCUT2D eigenvalue weighted by atomic mass is 10.00. The van der Waals surface area contributed by atoms with Gasteiger partial charge in [0.05, 0.1) is 13.1 Å². The van der Waals surface area contributed by atoms with Crippen molar-refractivity contribution in [2.45, 2.75) is 26.8 Å². The minimum Gasteiger partial charge on any atom is -0.339 e. The van der Waals surface area contributed by atoms with Gasteiger partial charge < -0.3 is 10.2 Å². The number of para-hydroxylation sites is 1. The van der Waals surface area contributed by atoms with E-state index in [1.807, 2.05) is 36.9 Å². The van der Waals surface area contributed by atoms with E-state index in [-0.39, 0.29) is 11.8 Å². The van der Waals surface area contributed by atoms with Crippen LogP contribution >= 0.6 is 0 Å². The molecule has 1 N–H and O–H groups in total. The maximum absolute atomic E-state index is 12.8. The summed E-state index contributed by atoms with van der Waals surface area (Å²) in [6.45, 7) is 9.45. The highest BCUT2D eigenvalue weighted by atomic mass is 16.2. The van der Waals surface area contributed by atoms with Crippen LogP contribution in [0.3, 0.4) is 0 Å². The summed E-state index contributed by atoms with van der Waals surface area (Å²) in [5, 5.41) is 3.05. The summed E-state index contributed by atoms with van der Waals surface area (Å²) >= 11 is 0. The van der Waals surface area contributed by atoms with Crippen LogP contribution in [0.25, 0.3) is 0 Å². The molecule has 1 fully saturated rings. The van der Waals surface area contributed by atoms with Crippen molar-refractivity contribution in [3.05, 3.63) is 64.7 Å². The SMILES string of the molecule is Cc1cccc(C)c1NC(=O)CN1CCN(C(=O)CN2CCc3ccccc3C2)CC1. The molecule has 4 rings (SSSR count). The molecule has 164 valence electrons. The Kier molecular flexibility index (Phi) is 6.68. The number of hydrogen-bond acceptors (Lipinski definition) is 4. The van der Waals surface area contributed by atoms with Crippen molar-refractivity contribution in [1.29, 1.82) is 0 Å². The first-order chi connectivity index (χ1) is 15.0. The summed E-state index contributed by atoms with van der Waals surface area (Å²) in [6, 6.07) is 14.5. The number of amides is 2. The number of anilines is 1. The first kappa shape index (κ1) is 21.5. The van der Waals surface area contributed by atoms with Crippen molar-refractivity contribution >= 4 is 17.5 Å². The Morgan fingerprint density at radius 1 is 0.806 bits per heavy atom. The number of piperazine rings is 1. The molecule has 0 aromatic heterocycles. The molecule has 6 nitrogen and oxygen atoms in total. The lowest BCUT2D eigenvalue weighted by molar-refractivity contribution is -0.134. The molecule has 0 spiro atoms. The Bertz CT molecular complexity index is 930. The number of benzene rings is 2. The number of fused-ring (bicyclic) bond motifs is 1. The van der Waals surface area contributed by atoms with Crippen molar-refractivity contribution in [3.63, 3.8) is 0 Å². The van der Waals surface area contributed by atoms with E-state index in [0.717, 1.165) is 49.4 Å². The van der Waals surface area contributed by atoms with Gasteiger partial charge in [0.25, 0.3) is 0 Å². The van der Waals surface area contributed by atoms with Gasteiger partial charge in [0.1, 0.15) is 0 Å². The van der Waals surface area contributed by atoms with Crippen molar-refractivity contribution in [2.24, 2.45) is 0 Å². The Morgan fingerprint density at radius 3 is 2.19 bits per heavy atom. The fraction of sp³-hybridized carbons (Fsp3) is 0.440. The number of rotatable bonds is 5. The Balaban J connectivity index is 1.22. The molecule has 0 atom stereocenters. The van der Waals surface area contributed by atoms with Gasteiger partial charge >= 0.3 is 0 Å². The largest absolute Gasteiger partial charge is 0.339 e. The summed E-state index contributed by atoms with van der Waals surface area (Å²) in [5.74, 6) is 0.197. The highest BCUT2D eigenvalue weighted by molar-refractivity contribution is 5.93. The molecule has 2 aliphatic heterocycles. The number of nitrogens with zero attached hydrogens (tertiary/aromatic N) is 3. The third-order valence-electron chi connectivity index (χ3n) is 6.41. The van der Waals surface area contributed by atoms with Crippen LogP contribution < -0.4 is 5.32 Å². The van der Waals surface area contributed by atoms with Crippen molar-refractivity contribution in [1.82, 2.24) is 14.7 Å². The van der Waals surface area contributed by atoms with Crippen LogP contribution in [-0.2, 0) is 22.6 Å². The van der Waals surface area contributed by atoms with Gasteiger partial charge in [0, 0.05) is 45.0 Å². The van der Waals surface area contributed by atoms with E-state index in [2.05, 4.69) is 39.4 Å². The average Bonchev–Trinajstić information content (AvgIpc) is 2.77. The fourth-order valence-corrected chi connectivity index (χ4v) is 4.53. The second-order valence-corrected chi connectivity index (χ2v) is 8.70. The predicted octanol–water partition coefficient (Wildman–Crippen LogP) is 2.44. The van der Waals surface area contributed by atoms with Gasteiger partial charge in [-0.3, -0.25) is 19.4 Å². The standard InChI is InChI=1S/C25H32N4O2/c1-19-6-5-7-20(2)25(19)26-23(30)17-27-12-14-29(15-13-27)24(31)18-28-11-10-21-8-3-4-9-22(21)16-28/h3-9H,10-18H2,1-2H3,(H,26,30). The number of carbonyl (C=O) groups is 2. The number of aryl methyl sites for hydroxylation is 2. The van der Waals surface area contributed by atoms with Crippen LogP contribution in [0.15, 0.2) is 42.5 Å². The fourth-order valence-electron chi connectivity index (χ4n) is 4.53. The molecule has 6 heteroatoms. The van der Waals surface area contributed by atoms with E-state index in [1.165, 1.54) is 11.1 Å². The molecule has 2 aromatic rings. The topological polar surface area (TPSA) is 55.9 Å². The molecule has 2 amide bonds. The third-order valence-corrected chi connectivity index (χ3v) is 6.41. The van der Waals surface area contributed by atoms with Crippen molar-refractivity contribution in [3.8, 4) is 0 Å². The van der Waals surface area contributed by atoms with Crippen LogP contribution in [0.1, 0.15) is 22.3 Å². The Morgan fingerprint density at radius 2 is 1.48 bits per heavy atom. The van der Waals surface area contributed by atoms with Crippen LogP contribution in [0.5, 0.6) is 0 Å². The van der Waals surface area contributed by atoms with Crippen LogP contribution in [-0.4, -0.2) is 72.3 Å². The van der Waals surface area contributed by atoms with Gasteiger partial charge in [-0.25, -0.2) is 0 Å². The minimum atomic E-state index is 0.00385. The van der Waals surface area contributed by atoms with E-state index < -0.39 is 0 Å². The average molecular weight is 421 g/mol. The highest BCUT2D eigenvalue weighted by Crippen LogP contribution is 2.20. The molecule has 0 bridgehead atoms. The molecule has 0 radical (unpaired) electrons. The summed E-state index contributed by atoms with van der Waals surface area (Å²) in [6.07, 6.45) is 1.01. The minimum absolute atomic E-state index is 0.00385. The van der Waals surface area contributed by atoms with Gasteiger partial charge in [0.15, 0.2) is 0 Å². The Labute approximate surface area is 184 Å². The van der Waals surface area contributed by atoms with E-state index in [0.29, 0.717) is 26.2 Å². The second kappa shape index (κ2) is 9.62. The zero-order valence-electron chi connectivity index (χ0n) is 18.6.